The minimum absolute atomic E-state index is 0.00317. The summed E-state index contributed by atoms with van der Waals surface area (Å²) < 4.78 is 4.95. The molecule has 1 aromatic rings. The highest BCUT2D eigenvalue weighted by Crippen LogP contribution is 2.32. The third-order valence-corrected chi connectivity index (χ3v) is 5.30. The van der Waals surface area contributed by atoms with E-state index in [0.717, 1.165) is 16.4 Å². The molecule has 15 heteroatoms. The number of carboxylic acids is 2. The predicted molar refractivity (Wildman–Crippen MR) is 102 cm³/mol. The summed E-state index contributed by atoms with van der Waals surface area (Å²) >= 11 is 1.01. The second-order valence-electron chi connectivity index (χ2n) is 7.12. The fraction of sp³-hybridized carbons (Fsp3) is 0.500. The Balaban J connectivity index is 1.78. The van der Waals surface area contributed by atoms with Crippen molar-refractivity contribution in [2.24, 2.45) is 5.16 Å². The molecule has 0 spiro atoms. The molecular weight excluding hydrogens is 438 g/mol. The number of carbonyl (C=O) groups excluding carboxylic acids is 2. The molecule has 1 aromatic heterocycles. The Morgan fingerprint density at radius 2 is 2.13 bits per heavy atom. The third kappa shape index (κ3) is 4.14. The van der Waals surface area contributed by atoms with Crippen LogP contribution < -0.4 is 11.1 Å². The maximum absolute atomic E-state index is 12.9. The van der Waals surface area contributed by atoms with Gasteiger partial charge in [0.15, 0.2) is 17.5 Å². The summed E-state index contributed by atoms with van der Waals surface area (Å²) in [5.41, 5.74) is 4.11. The van der Waals surface area contributed by atoms with Gasteiger partial charge in [0.05, 0.1) is 18.6 Å². The van der Waals surface area contributed by atoms with Gasteiger partial charge in [-0.15, -0.1) is 11.3 Å². The quantitative estimate of drug-likeness (QED) is 0.196. The lowest BCUT2D eigenvalue weighted by Gasteiger charge is -2.51. The summed E-state index contributed by atoms with van der Waals surface area (Å²) in [7, 11) is 0. The first kappa shape index (κ1) is 22.4. The van der Waals surface area contributed by atoms with Crippen molar-refractivity contribution in [2.45, 2.75) is 37.6 Å². The van der Waals surface area contributed by atoms with Crippen LogP contribution in [-0.2, 0) is 33.6 Å². The van der Waals surface area contributed by atoms with Gasteiger partial charge in [-0.1, -0.05) is 5.16 Å². The number of nitrogens with zero attached hydrogens (tertiary/aromatic N) is 3. The zero-order valence-corrected chi connectivity index (χ0v) is 17.2. The molecule has 0 aliphatic carbocycles. The number of hydrogen-bond donors (Lipinski definition) is 4. The van der Waals surface area contributed by atoms with Crippen LogP contribution in [0.3, 0.4) is 0 Å². The number of carbonyl (C=O) groups is 4. The van der Waals surface area contributed by atoms with Gasteiger partial charge in [0, 0.05) is 5.38 Å². The smallest absolute Gasteiger partial charge is 0.379 e. The summed E-state index contributed by atoms with van der Waals surface area (Å²) in [5.74, 6) is -6.27. The molecule has 2 fully saturated rings. The van der Waals surface area contributed by atoms with Gasteiger partial charge in [-0.25, -0.2) is 19.6 Å². The Hall–Kier alpha value is -3.30. The number of nitrogens with one attached hydrogen (secondary N) is 1. The topological polar surface area (TPSA) is 203 Å². The van der Waals surface area contributed by atoms with Gasteiger partial charge in [-0.2, -0.15) is 0 Å². The zero-order chi connectivity index (χ0) is 23.0. The third-order valence-electron chi connectivity index (χ3n) is 4.63. The van der Waals surface area contributed by atoms with E-state index in [1.807, 2.05) is 0 Å². The molecule has 2 aliphatic heterocycles. The van der Waals surface area contributed by atoms with Crippen LogP contribution in [0.15, 0.2) is 10.5 Å². The summed E-state index contributed by atoms with van der Waals surface area (Å²) in [6, 6.07) is -1.08. The van der Waals surface area contributed by atoms with E-state index in [-0.39, 0.29) is 23.9 Å². The second-order valence-corrected chi connectivity index (χ2v) is 8.01. The molecule has 31 heavy (non-hydrogen) atoms. The molecule has 2 aliphatic rings. The van der Waals surface area contributed by atoms with E-state index in [2.05, 4.69) is 15.5 Å². The van der Waals surface area contributed by atoms with E-state index in [1.165, 1.54) is 5.38 Å². The number of thiazole rings is 1. The van der Waals surface area contributed by atoms with Crippen LogP contribution in [-0.4, -0.2) is 80.3 Å². The lowest BCUT2D eigenvalue weighted by Crippen LogP contribution is -2.76. The van der Waals surface area contributed by atoms with E-state index in [1.54, 1.807) is 13.8 Å². The molecule has 0 aromatic carbocycles. The Labute approximate surface area is 178 Å². The van der Waals surface area contributed by atoms with Gasteiger partial charge in [0.1, 0.15) is 11.7 Å². The monoisotopic (exact) mass is 457 g/mol. The Morgan fingerprint density at radius 3 is 2.58 bits per heavy atom. The number of oxime groups is 1. The van der Waals surface area contributed by atoms with Crippen LogP contribution in [0.4, 0.5) is 5.13 Å². The van der Waals surface area contributed by atoms with Gasteiger partial charge < -0.3 is 30.8 Å². The predicted octanol–water partition coefficient (Wildman–Crippen LogP) is -1.23. The number of carboxylic acid groups (broad SMARTS) is 2. The second kappa shape index (κ2) is 8.09. The number of hydrogen-bond acceptors (Lipinski definition) is 11. The van der Waals surface area contributed by atoms with Gasteiger partial charge in [-0.3, -0.25) is 14.4 Å². The van der Waals surface area contributed by atoms with Crippen LogP contribution in [0, 0.1) is 0 Å². The molecule has 0 bridgehead atoms. The number of nitrogen functional groups attached to an aromatic ring is 1. The molecule has 2 saturated heterocycles. The van der Waals surface area contributed by atoms with Crippen LogP contribution in [0.25, 0.3) is 0 Å². The van der Waals surface area contributed by atoms with Crippen molar-refractivity contribution in [2.75, 3.05) is 18.9 Å². The van der Waals surface area contributed by atoms with Crippen molar-refractivity contribution in [3.8, 4) is 0 Å². The highest BCUT2D eigenvalue weighted by molar-refractivity contribution is 7.13. The van der Waals surface area contributed by atoms with Crippen molar-refractivity contribution < 1.29 is 43.8 Å². The molecule has 168 valence electrons. The Bertz CT molecular complexity index is 955. The van der Waals surface area contributed by atoms with E-state index >= 15 is 0 Å². The molecular formula is C16H19N5O9S. The minimum Gasteiger partial charge on any atom is -0.479 e. The number of nitrogens with two attached hydrogens (primary N) is 1. The summed E-state index contributed by atoms with van der Waals surface area (Å²) in [5, 5.41) is 26.4. The molecule has 14 nitrogen and oxygen atoms in total. The number of hydroxylamine groups is 2. The fourth-order valence-corrected chi connectivity index (χ4v) is 3.38. The summed E-state index contributed by atoms with van der Waals surface area (Å²) in [4.78, 5) is 61.1. The molecule has 0 radical (unpaired) electrons. The SMILES string of the molecule is CC1(C)[C@H](NC(=O)/C(=N\OC2(C(=O)O)CCO2)c2csc(N)n2)C(=O)N1OCC(=O)O. The van der Waals surface area contributed by atoms with Crippen molar-refractivity contribution >= 4 is 45.9 Å². The Morgan fingerprint density at radius 1 is 1.45 bits per heavy atom. The number of anilines is 1. The molecule has 3 heterocycles. The zero-order valence-electron chi connectivity index (χ0n) is 16.4. The largest absolute Gasteiger partial charge is 0.479 e. The number of amides is 2. The molecule has 1 unspecified atom stereocenters. The number of aromatic nitrogens is 1. The number of β-lactam (4-membered cyclic amide) rings is 1. The standard InChI is InChI=1S/C16H19N5O9S/c1-15(2)10(12(25)21(15)29-5-8(22)23)19-11(24)9(7-6-31-14(17)18-7)20-30-16(13(26)27)3-4-28-16/h6,10H,3-5H2,1-2H3,(H2,17,18)(H,19,24)(H,22,23)(H,26,27)/b20-9-/t10-,16?/m1/s1. The fourth-order valence-electron chi connectivity index (χ4n) is 2.83. The van der Waals surface area contributed by atoms with Gasteiger partial charge in [0.2, 0.25) is 0 Å². The first-order chi connectivity index (χ1) is 14.5. The van der Waals surface area contributed by atoms with Gasteiger partial charge >= 0.3 is 17.7 Å². The number of rotatable bonds is 9. The Kier molecular flexibility index (Phi) is 5.84. The highest BCUT2D eigenvalue weighted by atomic mass is 32.1. The van der Waals surface area contributed by atoms with Crippen LogP contribution in [0.1, 0.15) is 26.0 Å². The van der Waals surface area contributed by atoms with Crippen LogP contribution >= 0.6 is 11.3 Å². The lowest BCUT2D eigenvalue weighted by molar-refractivity contribution is -0.299. The van der Waals surface area contributed by atoms with Crippen LogP contribution in [0.5, 0.6) is 0 Å². The van der Waals surface area contributed by atoms with Crippen molar-refractivity contribution in [1.29, 1.82) is 0 Å². The maximum atomic E-state index is 12.9. The van der Waals surface area contributed by atoms with E-state index < -0.39 is 53.4 Å². The first-order valence-electron chi connectivity index (χ1n) is 8.82. The first-order valence-corrected chi connectivity index (χ1v) is 9.70. The average Bonchev–Trinajstić information content (AvgIpc) is 3.06. The summed E-state index contributed by atoms with van der Waals surface area (Å²) in [6.07, 6.45) is 0.0178. The van der Waals surface area contributed by atoms with Crippen molar-refractivity contribution in [1.82, 2.24) is 15.4 Å². The molecule has 3 rings (SSSR count). The summed E-state index contributed by atoms with van der Waals surface area (Å²) in [6.45, 7) is 2.52. The van der Waals surface area contributed by atoms with Crippen LogP contribution in [0.2, 0.25) is 0 Å². The van der Waals surface area contributed by atoms with Crippen molar-refractivity contribution in [3.05, 3.63) is 11.1 Å². The molecule has 2 amide bonds. The lowest BCUT2D eigenvalue weighted by atomic mass is 9.84. The van der Waals surface area contributed by atoms with E-state index in [0.29, 0.717) is 0 Å². The number of aliphatic carboxylic acids is 2. The highest BCUT2D eigenvalue weighted by Gasteiger charge is 2.57. The van der Waals surface area contributed by atoms with E-state index in [4.69, 9.17) is 25.3 Å². The number of ether oxygens (including phenoxy) is 1. The molecule has 5 N–H and O–H groups in total. The molecule has 2 atom stereocenters. The van der Waals surface area contributed by atoms with E-state index in [9.17, 15) is 24.3 Å². The normalized spacial score (nSPS) is 24.7. The molecule has 0 saturated carbocycles. The minimum atomic E-state index is -2.01. The van der Waals surface area contributed by atoms with Gasteiger partial charge in [-0.05, 0) is 13.8 Å². The maximum Gasteiger partial charge on any atom is 0.379 e. The van der Waals surface area contributed by atoms with Gasteiger partial charge in [0.25, 0.3) is 11.8 Å². The average molecular weight is 457 g/mol. The van der Waals surface area contributed by atoms with Crippen molar-refractivity contribution in [3.63, 3.8) is 0 Å².